The molecule has 0 heterocycles. The highest BCUT2D eigenvalue weighted by Crippen LogP contribution is 2.36. The molecule has 0 aliphatic rings. The van der Waals surface area contributed by atoms with Gasteiger partial charge < -0.3 is 9.47 Å². The first-order chi connectivity index (χ1) is 10.2. The number of rotatable bonds is 6. The van der Waals surface area contributed by atoms with E-state index in [0.717, 1.165) is 24.3 Å². The molecule has 0 aliphatic carbocycles. The number of methoxy groups -OCH3 is 2. The normalized spacial score (nSPS) is 12.0. The summed E-state index contributed by atoms with van der Waals surface area (Å²) in [7, 11) is 3.38. The van der Waals surface area contributed by atoms with E-state index in [1.54, 1.807) is 14.2 Å². The van der Waals surface area contributed by atoms with Crippen molar-refractivity contribution in [1.82, 2.24) is 0 Å². The second-order valence-electron chi connectivity index (χ2n) is 5.29. The van der Waals surface area contributed by atoms with Crippen LogP contribution in [-0.4, -0.2) is 14.2 Å². The average Bonchev–Trinajstić information content (AvgIpc) is 2.54. The lowest BCUT2D eigenvalue weighted by Gasteiger charge is -2.20. The Morgan fingerprint density at radius 2 is 1.57 bits per heavy atom. The highest BCUT2D eigenvalue weighted by atomic mass is 16.5. The lowest BCUT2D eigenvalue weighted by atomic mass is 9.88. The Kier molecular flexibility index (Phi) is 5.26. The monoisotopic (exact) mass is 284 g/mol. The maximum atomic E-state index is 5.47. The topological polar surface area (TPSA) is 18.5 Å². The fraction of sp³-hybridized carbons (Fsp3) is 0.368. The molecule has 0 aromatic heterocycles. The molecule has 2 aromatic rings. The molecule has 0 N–H and O–H groups in total. The second-order valence-corrected chi connectivity index (χ2v) is 5.29. The summed E-state index contributed by atoms with van der Waals surface area (Å²) in [6.07, 6.45) is 2.16. The van der Waals surface area contributed by atoms with Gasteiger partial charge in [0, 0.05) is 5.92 Å². The first kappa shape index (κ1) is 15.4. The second kappa shape index (κ2) is 7.16. The number of aryl methyl sites for hydroxylation is 1. The van der Waals surface area contributed by atoms with Crippen molar-refractivity contribution in [2.75, 3.05) is 14.2 Å². The molecule has 112 valence electrons. The van der Waals surface area contributed by atoms with E-state index in [9.17, 15) is 0 Å². The van der Waals surface area contributed by atoms with Crippen LogP contribution in [0.15, 0.2) is 42.5 Å². The molecule has 0 aliphatic heterocycles. The van der Waals surface area contributed by atoms with Crippen LogP contribution in [0.1, 0.15) is 42.9 Å². The Morgan fingerprint density at radius 1 is 0.952 bits per heavy atom. The van der Waals surface area contributed by atoms with Gasteiger partial charge in [-0.15, -0.1) is 0 Å². The van der Waals surface area contributed by atoms with Gasteiger partial charge in [-0.3, -0.25) is 0 Å². The van der Waals surface area contributed by atoms with Crippen molar-refractivity contribution >= 4 is 0 Å². The Bertz CT molecular complexity index is 576. The average molecular weight is 284 g/mol. The summed E-state index contributed by atoms with van der Waals surface area (Å²) in [6, 6.07) is 14.8. The fourth-order valence-electron chi connectivity index (χ4n) is 2.75. The lowest BCUT2D eigenvalue weighted by Crippen LogP contribution is -2.03. The van der Waals surface area contributed by atoms with E-state index in [1.165, 1.54) is 16.7 Å². The highest BCUT2D eigenvalue weighted by Gasteiger charge is 2.16. The molecule has 2 heteroatoms. The smallest absolute Gasteiger partial charge is 0.161 e. The minimum Gasteiger partial charge on any atom is -0.493 e. The third-order valence-corrected chi connectivity index (χ3v) is 3.93. The number of hydrogen-bond donors (Lipinski definition) is 0. The van der Waals surface area contributed by atoms with Crippen LogP contribution >= 0.6 is 0 Å². The van der Waals surface area contributed by atoms with Crippen molar-refractivity contribution in [3.8, 4) is 11.5 Å². The molecule has 0 saturated carbocycles. The molecule has 1 atom stereocenters. The number of ether oxygens (including phenoxy) is 2. The lowest BCUT2D eigenvalue weighted by molar-refractivity contribution is 0.354. The van der Waals surface area contributed by atoms with Crippen molar-refractivity contribution in [1.29, 1.82) is 0 Å². The van der Waals surface area contributed by atoms with E-state index < -0.39 is 0 Å². The minimum absolute atomic E-state index is 0.340. The van der Waals surface area contributed by atoms with E-state index in [-0.39, 0.29) is 0 Å². The molecule has 2 nitrogen and oxygen atoms in total. The van der Waals surface area contributed by atoms with E-state index in [0.29, 0.717) is 5.92 Å². The molecule has 21 heavy (non-hydrogen) atoms. The van der Waals surface area contributed by atoms with Crippen molar-refractivity contribution in [2.24, 2.45) is 0 Å². The first-order valence-electron chi connectivity index (χ1n) is 7.51. The standard InChI is InChI=1S/C19H24O2/c1-5-9-16-12-18(20-3)19(21-4)13-17(16)14(2)15-10-7-6-8-11-15/h6-8,10-14H,5,9H2,1-4H3. The summed E-state index contributed by atoms with van der Waals surface area (Å²) in [4.78, 5) is 0. The van der Waals surface area contributed by atoms with Crippen LogP contribution in [0.2, 0.25) is 0 Å². The maximum absolute atomic E-state index is 5.47. The molecular weight excluding hydrogens is 260 g/mol. The van der Waals surface area contributed by atoms with Crippen molar-refractivity contribution in [3.63, 3.8) is 0 Å². The van der Waals surface area contributed by atoms with Gasteiger partial charge >= 0.3 is 0 Å². The van der Waals surface area contributed by atoms with Crippen LogP contribution in [0.3, 0.4) is 0 Å². The molecule has 2 rings (SSSR count). The Labute approximate surface area is 127 Å². The Balaban J connectivity index is 2.49. The third kappa shape index (κ3) is 3.38. The van der Waals surface area contributed by atoms with Gasteiger partial charge in [0.1, 0.15) is 0 Å². The summed E-state index contributed by atoms with van der Waals surface area (Å²) >= 11 is 0. The zero-order valence-corrected chi connectivity index (χ0v) is 13.3. The SMILES string of the molecule is CCCc1cc(OC)c(OC)cc1C(C)c1ccccc1. The highest BCUT2D eigenvalue weighted by molar-refractivity contribution is 5.50. The number of benzene rings is 2. The maximum Gasteiger partial charge on any atom is 0.161 e. The first-order valence-corrected chi connectivity index (χ1v) is 7.51. The quantitative estimate of drug-likeness (QED) is 0.758. The van der Waals surface area contributed by atoms with Crippen molar-refractivity contribution < 1.29 is 9.47 Å². The Morgan fingerprint density at radius 3 is 2.14 bits per heavy atom. The molecule has 0 saturated heterocycles. The summed E-state index contributed by atoms with van der Waals surface area (Å²) in [5.41, 5.74) is 3.98. The van der Waals surface area contributed by atoms with Gasteiger partial charge in [0.05, 0.1) is 14.2 Å². The van der Waals surface area contributed by atoms with Crippen LogP contribution in [0.5, 0.6) is 11.5 Å². The van der Waals surface area contributed by atoms with E-state index >= 15 is 0 Å². The van der Waals surface area contributed by atoms with Crippen LogP contribution in [-0.2, 0) is 6.42 Å². The molecule has 0 spiro atoms. The largest absolute Gasteiger partial charge is 0.493 e. The molecule has 0 bridgehead atoms. The van der Waals surface area contributed by atoms with E-state index in [4.69, 9.17) is 9.47 Å². The predicted octanol–water partition coefficient (Wildman–Crippen LogP) is 4.81. The van der Waals surface area contributed by atoms with E-state index in [1.807, 2.05) is 0 Å². The van der Waals surface area contributed by atoms with Crippen molar-refractivity contribution in [3.05, 3.63) is 59.2 Å². The zero-order valence-electron chi connectivity index (χ0n) is 13.3. The minimum atomic E-state index is 0.340. The van der Waals surface area contributed by atoms with Crippen LogP contribution < -0.4 is 9.47 Å². The van der Waals surface area contributed by atoms with Gasteiger partial charge in [-0.25, -0.2) is 0 Å². The van der Waals surface area contributed by atoms with Crippen LogP contribution in [0.4, 0.5) is 0 Å². The van der Waals surface area contributed by atoms with Gasteiger partial charge in [0.25, 0.3) is 0 Å². The summed E-state index contributed by atoms with van der Waals surface area (Å²) < 4.78 is 10.9. The molecule has 0 amide bonds. The van der Waals surface area contributed by atoms with Gasteiger partial charge in [-0.05, 0) is 35.2 Å². The molecule has 0 radical (unpaired) electrons. The zero-order chi connectivity index (χ0) is 15.2. The fourth-order valence-corrected chi connectivity index (χ4v) is 2.75. The van der Waals surface area contributed by atoms with Crippen molar-refractivity contribution in [2.45, 2.75) is 32.6 Å². The van der Waals surface area contributed by atoms with Gasteiger partial charge in [0.15, 0.2) is 11.5 Å². The van der Waals surface area contributed by atoms with Gasteiger partial charge in [-0.1, -0.05) is 50.6 Å². The van der Waals surface area contributed by atoms with E-state index in [2.05, 4.69) is 56.3 Å². The molecule has 1 unspecified atom stereocenters. The van der Waals surface area contributed by atoms with Crippen LogP contribution in [0, 0.1) is 0 Å². The summed E-state index contributed by atoms with van der Waals surface area (Å²) in [5.74, 6) is 1.95. The Hall–Kier alpha value is -1.96. The molecular formula is C19H24O2. The van der Waals surface area contributed by atoms with Gasteiger partial charge in [0.2, 0.25) is 0 Å². The summed E-state index contributed by atoms with van der Waals surface area (Å²) in [6.45, 7) is 4.45. The van der Waals surface area contributed by atoms with Crippen LogP contribution in [0.25, 0.3) is 0 Å². The predicted molar refractivity (Wildman–Crippen MR) is 87.5 cm³/mol. The summed E-state index contributed by atoms with van der Waals surface area (Å²) in [5, 5.41) is 0. The number of hydrogen-bond acceptors (Lipinski definition) is 2. The van der Waals surface area contributed by atoms with Gasteiger partial charge in [-0.2, -0.15) is 0 Å². The molecule has 0 fully saturated rings. The third-order valence-electron chi connectivity index (χ3n) is 3.93. The molecule has 2 aromatic carbocycles.